The molecule has 1 heterocycles. The monoisotopic (exact) mass is 220 g/mol. The number of thiazole rings is 1. The summed E-state index contributed by atoms with van der Waals surface area (Å²) in [5.41, 5.74) is 0.761. The summed E-state index contributed by atoms with van der Waals surface area (Å²) in [6.45, 7) is 2.98. The predicted molar refractivity (Wildman–Crippen MR) is 49.9 cm³/mol. The largest absolute Gasteiger partial charge is 0.344 e. The molecule has 0 spiro atoms. The molecule has 1 aromatic heterocycles. The molecule has 0 radical (unpaired) electrons. The summed E-state index contributed by atoms with van der Waals surface area (Å²) in [5.74, 6) is -0.536. The van der Waals surface area contributed by atoms with Crippen molar-refractivity contribution < 1.29 is 13.6 Å². The minimum Gasteiger partial charge on any atom is -0.344 e. The molecule has 3 nitrogen and oxygen atoms in total. The van der Waals surface area contributed by atoms with E-state index in [0.717, 1.165) is 10.6 Å². The van der Waals surface area contributed by atoms with Gasteiger partial charge in [-0.2, -0.15) is 0 Å². The predicted octanol–water partition coefficient (Wildman–Crippen LogP) is 1.75. The Morgan fingerprint density at radius 2 is 2.21 bits per heavy atom. The van der Waals surface area contributed by atoms with Gasteiger partial charge in [0.05, 0.1) is 12.2 Å². The lowest BCUT2D eigenvalue weighted by molar-refractivity contribution is 0.0891. The Morgan fingerprint density at radius 3 is 2.64 bits per heavy atom. The first kappa shape index (κ1) is 11.0. The number of nitrogens with zero attached hydrogens (tertiary/aromatic N) is 1. The molecule has 0 unspecified atom stereocenters. The van der Waals surface area contributed by atoms with Gasteiger partial charge in [-0.15, -0.1) is 11.3 Å². The summed E-state index contributed by atoms with van der Waals surface area (Å²) in [6, 6.07) is 0. The molecular formula is C8H10F2N2OS. The number of alkyl halides is 2. The van der Waals surface area contributed by atoms with Crippen molar-refractivity contribution in [3.05, 3.63) is 15.6 Å². The molecule has 0 aliphatic carbocycles. The van der Waals surface area contributed by atoms with Crippen LogP contribution in [0, 0.1) is 13.8 Å². The number of aryl methyl sites for hydroxylation is 2. The van der Waals surface area contributed by atoms with Gasteiger partial charge >= 0.3 is 0 Å². The maximum absolute atomic E-state index is 11.8. The lowest BCUT2D eigenvalue weighted by Gasteiger charge is -2.00. The number of carbonyl (C=O) groups is 1. The van der Waals surface area contributed by atoms with Crippen LogP contribution in [0.2, 0.25) is 0 Å². The van der Waals surface area contributed by atoms with Crippen LogP contribution in [-0.4, -0.2) is 23.9 Å². The first-order valence-electron chi connectivity index (χ1n) is 4.01. The zero-order valence-electron chi connectivity index (χ0n) is 7.80. The molecule has 1 rings (SSSR count). The molecule has 0 saturated heterocycles. The minimum atomic E-state index is -2.53. The van der Waals surface area contributed by atoms with Crippen LogP contribution in [0.5, 0.6) is 0 Å². The summed E-state index contributed by atoms with van der Waals surface area (Å²) >= 11 is 1.21. The van der Waals surface area contributed by atoms with Crippen LogP contribution in [0.1, 0.15) is 20.4 Å². The number of nitrogens with one attached hydrogen (secondary N) is 1. The van der Waals surface area contributed by atoms with E-state index in [0.29, 0.717) is 0 Å². The second-order valence-electron chi connectivity index (χ2n) is 2.76. The SMILES string of the molecule is Cc1nc(C(=O)NCC(F)F)sc1C. The van der Waals surface area contributed by atoms with E-state index in [2.05, 4.69) is 10.3 Å². The van der Waals surface area contributed by atoms with Gasteiger partial charge in [0.2, 0.25) is 0 Å². The van der Waals surface area contributed by atoms with Crippen molar-refractivity contribution in [2.24, 2.45) is 0 Å². The van der Waals surface area contributed by atoms with Crippen molar-refractivity contribution in [1.82, 2.24) is 10.3 Å². The van der Waals surface area contributed by atoms with E-state index in [1.54, 1.807) is 6.92 Å². The van der Waals surface area contributed by atoms with E-state index in [9.17, 15) is 13.6 Å². The zero-order valence-corrected chi connectivity index (χ0v) is 8.62. The molecule has 0 fully saturated rings. The first-order chi connectivity index (χ1) is 6.50. The molecule has 0 aliphatic rings. The fourth-order valence-electron chi connectivity index (χ4n) is 0.815. The number of rotatable bonds is 3. The second-order valence-corrected chi connectivity index (χ2v) is 3.96. The standard InChI is InChI=1S/C8H10F2N2OS/c1-4-5(2)14-8(12-4)7(13)11-3-6(9)10/h6H,3H2,1-2H3,(H,11,13). The second kappa shape index (κ2) is 4.45. The van der Waals surface area contributed by atoms with Gasteiger partial charge < -0.3 is 5.32 Å². The normalized spacial score (nSPS) is 10.6. The van der Waals surface area contributed by atoms with Gasteiger partial charge in [0, 0.05) is 4.88 Å². The fraction of sp³-hybridized carbons (Fsp3) is 0.500. The molecule has 78 valence electrons. The van der Waals surface area contributed by atoms with Crippen LogP contribution in [0.15, 0.2) is 0 Å². The van der Waals surface area contributed by atoms with Crippen LogP contribution in [0.25, 0.3) is 0 Å². The molecule has 14 heavy (non-hydrogen) atoms. The van der Waals surface area contributed by atoms with E-state index in [4.69, 9.17) is 0 Å². The highest BCUT2D eigenvalue weighted by Gasteiger charge is 2.13. The van der Waals surface area contributed by atoms with E-state index < -0.39 is 18.9 Å². The number of carbonyl (C=O) groups excluding carboxylic acids is 1. The van der Waals surface area contributed by atoms with Crippen molar-refractivity contribution in [3.63, 3.8) is 0 Å². The molecular weight excluding hydrogens is 210 g/mol. The van der Waals surface area contributed by atoms with E-state index in [1.807, 2.05) is 6.92 Å². The van der Waals surface area contributed by atoms with Crippen molar-refractivity contribution in [2.45, 2.75) is 20.3 Å². The van der Waals surface area contributed by atoms with Gasteiger partial charge in [-0.05, 0) is 13.8 Å². The van der Waals surface area contributed by atoms with Crippen molar-refractivity contribution in [3.8, 4) is 0 Å². The molecule has 0 bridgehead atoms. The first-order valence-corrected chi connectivity index (χ1v) is 4.82. The van der Waals surface area contributed by atoms with E-state index in [-0.39, 0.29) is 5.01 Å². The Kier molecular flexibility index (Phi) is 3.51. The maximum Gasteiger partial charge on any atom is 0.280 e. The van der Waals surface area contributed by atoms with Gasteiger partial charge in [-0.3, -0.25) is 4.79 Å². The molecule has 0 aliphatic heterocycles. The van der Waals surface area contributed by atoms with Crippen molar-refractivity contribution >= 4 is 17.2 Å². The van der Waals surface area contributed by atoms with Gasteiger partial charge in [0.25, 0.3) is 12.3 Å². The van der Waals surface area contributed by atoms with Crippen LogP contribution in [0.4, 0.5) is 8.78 Å². The average molecular weight is 220 g/mol. The maximum atomic E-state index is 11.8. The quantitative estimate of drug-likeness (QED) is 0.843. The van der Waals surface area contributed by atoms with Gasteiger partial charge in [0.15, 0.2) is 5.01 Å². The molecule has 0 aromatic carbocycles. The Balaban J connectivity index is 2.61. The summed E-state index contributed by atoms with van der Waals surface area (Å²) < 4.78 is 23.5. The average Bonchev–Trinajstić information content (AvgIpc) is 2.43. The third-order valence-corrected chi connectivity index (χ3v) is 2.71. The number of halogens is 2. The number of aromatic nitrogens is 1. The highest BCUT2D eigenvalue weighted by atomic mass is 32.1. The van der Waals surface area contributed by atoms with Gasteiger partial charge in [0.1, 0.15) is 0 Å². The molecule has 1 aromatic rings. The Morgan fingerprint density at radius 1 is 1.57 bits per heavy atom. The van der Waals surface area contributed by atoms with Crippen molar-refractivity contribution in [1.29, 1.82) is 0 Å². The Labute approximate surface area is 84.2 Å². The summed E-state index contributed by atoms with van der Waals surface area (Å²) in [7, 11) is 0. The van der Waals surface area contributed by atoms with Crippen LogP contribution >= 0.6 is 11.3 Å². The Bertz CT molecular complexity index is 319. The third-order valence-electron chi connectivity index (χ3n) is 1.64. The van der Waals surface area contributed by atoms with E-state index in [1.165, 1.54) is 11.3 Å². The highest BCUT2D eigenvalue weighted by molar-refractivity contribution is 7.13. The molecule has 0 atom stereocenters. The van der Waals surface area contributed by atoms with Crippen LogP contribution < -0.4 is 5.32 Å². The van der Waals surface area contributed by atoms with Crippen LogP contribution in [0.3, 0.4) is 0 Å². The fourth-order valence-corrected chi connectivity index (χ4v) is 1.65. The summed E-state index contributed by atoms with van der Waals surface area (Å²) in [6.07, 6.45) is -2.53. The zero-order chi connectivity index (χ0) is 10.7. The molecule has 1 N–H and O–H groups in total. The van der Waals surface area contributed by atoms with Gasteiger partial charge in [-0.25, -0.2) is 13.8 Å². The number of hydrogen-bond donors (Lipinski definition) is 1. The summed E-state index contributed by atoms with van der Waals surface area (Å²) in [4.78, 5) is 16.1. The van der Waals surface area contributed by atoms with Gasteiger partial charge in [-0.1, -0.05) is 0 Å². The molecule has 1 amide bonds. The van der Waals surface area contributed by atoms with Crippen molar-refractivity contribution in [2.75, 3.05) is 6.54 Å². The highest BCUT2D eigenvalue weighted by Crippen LogP contribution is 2.15. The minimum absolute atomic E-state index is 0.237. The smallest absolute Gasteiger partial charge is 0.280 e. The lowest BCUT2D eigenvalue weighted by atomic mass is 10.4. The number of amides is 1. The van der Waals surface area contributed by atoms with Crippen LogP contribution in [-0.2, 0) is 0 Å². The third kappa shape index (κ3) is 2.73. The Hall–Kier alpha value is -1.04. The number of hydrogen-bond acceptors (Lipinski definition) is 3. The topological polar surface area (TPSA) is 42.0 Å². The molecule has 0 saturated carbocycles. The lowest BCUT2D eigenvalue weighted by Crippen LogP contribution is -2.28. The molecule has 6 heteroatoms. The summed E-state index contributed by atoms with van der Waals surface area (Å²) in [5, 5.41) is 2.33. The van der Waals surface area contributed by atoms with E-state index >= 15 is 0 Å².